The molecule has 2 N–H and O–H groups in total. The van der Waals surface area contributed by atoms with Crippen molar-refractivity contribution in [3.63, 3.8) is 0 Å². The van der Waals surface area contributed by atoms with Gasteiger partial charge in [-0.1, -0.05) is 6.07 Å². The first-order chi connectivity index (χ1) is 10.0. The van der Waals surface area contributed by atoms with Gasteiger partial charge in [0.25, 0.3) is 0 Å². The van der Waals surface area contributed by atoms with E-state index in [1.54, 1.807) is 11.3 Å². The van der Waals surface area contributed by atoms with Gasteiger partial charge in [0.15, 0.2) is 0 Å². The average Bonchev–Trinajstić information content (AvgIpc) is 3.08. The lowest BCUT2D eigenvalue weighted by Crippen LogP contribution is -2.36. The number of nitro groups is 1. The molecule has 0 saturated carbocycles. The smallest absolute Gasteiger partial charge is 0.306 e. The third-order valence-corrected chi connectivity index (χ3v) is 3.92. The fourth-order valence-electron chi connectivity index (χ4n) is 1.97. The number of thiophene rings is 1. The van der Waals surface area contributed by atoms with Crippen molar-refractivity contribution in [3.8, 4) is 0 Å². The van der Waals surface area contributed by atoms with E-state index in [4.69, 9.17) is 0 Å². The molecule has 0 aromatic carbocycles. The van der Waals surface area contributed by atoms with Crippen molar-refractivity contribution in [2.45, 2.75) is 32.0 Å². The molecule has 0 aliphatic carbocycles. The quantitative estimate of drug-likeness (QED) is 0.568. The Morgan fingerprint density at radius 2 is 2.43 bits per heavy atom. The van der Waals surface area contributed by atoms with Crippen LogP contribution < -0.4 is 5.32 Å². The van der Waals surface area contributed by atoms with E-state index >= 15 is 0 Å². The van der Waals surface area contributed by atoms with Crippen LogP contribution in [0.1, 0.15) is 11.8 Å². The van der Waals surface area contributed by atoms with Crippen LogP contribution >= 0.6 is 11.3 Å². The molecule has 0 radical (unpaired) electrons. The van der Waals surface area contributed by atoms with E-state index in [0.29, 0.717) is 6.54 Å². The molecule has 8 heteroatoms. The zero-order valence-corrected chi connectivity index (χ0v) is 12.5. The maximum Gasteiger partial charge on any atom is 0.306 e. The number of hydrogen-bond donors (Lipinski definition) is 2. The maximum absolute atomic E-state index is 10.5. The summed E-state index contributed by atoms with van der Waals surface area (Å²) in [6, 6.07) is 4.36. The lowest BCUT2D eigenvalue weighted by Gasteiger charge is -2.16. The van der Waals surface area contributed by atoms with E-state index in [2.05, 4.69) is 23.4 Å². The minimum absolute atomic E-state index is 0.0683. The second-order valence-electron chi connectivity index (χ2n) is 4.92. The van der Waals surface area contributed by atoms with Crippen LogP contribution in [0.2, 0.25) is 0 Å². The first-order valence-electron chi connectivity index (χ1n) is 6.65. The summed E-state index contributed by atoms with van der Waals surface area (Å²) in [6.45, 7) is 2.71. The Labute approximate surface area is 126 Å². The van der Waals surface area contributed by atoms with E-state index in [1.807, 2.05) is 11.4 Å². The van der Waals surface area contributed by atoms with Crippen molar-refractivity contribution >= 4 is 17.0 Å². The molecule has 0 amide bonds. The largest absolute Gasteiger partial charge is 0.390 e. The highest BCUT2D eigenvalue weighted by atomic mass is 32.1. The van der Waals surface area contributed by atoms with Crippen molar-refractivity contribution in [2.24, 2.45) is 0 Å². The van der Waals surface area contributed by atoms with E-state index in [9.17, 15) is 15.2 Å². The topological polar surface area (TPSA) is 93.2 Å². The highest BCUT2D eigenvalue weighted by Crippen LogP contribution is 2.11. The fourth-order valence-corrected chi connectivity index (χ4v) is 2.80. The molecule has 0 aliphatic heterocycles. The van der Waals surface area contributed by atoms with Gasteiger partial charge in [-0.05, 0) is 24.8 Å². The van der Waals surface area contributed by atoms with Crippen LogP contribution in [-0.4, -0.2) is 38.5 Å². The molecule has 0 fully saturated rings. The standard InChI is InChI=1S/C13H18N4O3S/c1-10(5-13-3-2-4-21-13)14-7-12(18)9-16-8-11(6-15-16)17(19)20/h2-4,6,8,10,12,14,18H,5,7,9H2,1H3. The zero-order valence-electron chi connectivity index (χ0n) is 11.7. The van der Waals surface area contributed by atoms with Gasteiger partial charge in [0, 0.05) is 17.5 Å². The summed E-state index contributed by atoms with van der Waals surface area (Å²) in [5.41, 5.74) is -0.0683. The molecular formula is C13H18N4O3S. The van der Waals surface area contributed by atoms with Gasteiger partial charge in [0.05, 0.1) is 17.6 Å². The number of nitrogens with one attached hydrogen (secondary N) is 1. The number of aliphatic hydroxyl groups excluding tert-OH is 1. The summed E-state index contributed by atoms with van der Waals surface area (Å²) in [4.78, 5) is 11.3. The molecule has 0 spiro atoms. The second kappa shape index (κ2) is 7.30. The molecule has 7 nitrogen and oxygen atoms in total. The Balaban J connectivity index is 1.73. The Bertz CT molecular complexity index is 570. The number of nitrogens with zero attached hydrogens (tertiary/aromatic N) is 3. The molecule has 0 bridgehead atoms. The molecule has 114 valence electrons. The predicted molar refractivity (Wildman–Crippen MR) is 80.4 cm³/mol. The van der Waals surface area contributed by atoms with Crippen LogP contribution in [0.3, 0.4) is 0 Å². The van der Waals surface area contributed by atoms with Crippen LogP contribution in [-0.2, 0) is 13.0 Å². The molecule has 2 unspecified atom stereocenters. The van der Waals surface area contributed by atoms with Crippen molar-refractivity contribution in [3.05, 3.63) is 44.9 Å². The Morgan fingerprint density at radius 1 is 1.62 bits per heavy atom. The van der Waals surface area contributed by atoms with E-state index in [0.717, 1.165) is 6.42 Å². The first-order valence-corrected chi connectivity index (χ1v) is 7.53. The zero-order chi connectivity index (χ0) is 15.2. The molecular weight excluding hydrogens is 292 g/mol. The van der Waals surface area contributed by atoms with Crippen LogP contribution in [0.5, 0.6) is 0 Å². The van der Waals surface area contributed by atoms with Crippen molar-refractivity contribution in [2.75, 3.05) is 6.54 Å². The summed E-state index contributed by atoms with van der Waals surface area (Å²) in [5, 5.41) is 29.6. The van der Waals surface area contributed by atoms with Crippen LogP contribution in [0.25, 0.3) is 0 Å². The van der Waals surface area contributed by atoms with Gasteiger partial charge >= 0.3 is 5.69 Å². The molecule has 2 aromatic heterocycles. The van der Waals surface area contributed by atoms with Gasteiger partial charge in [0.1, 0.15) is 12.4 Å². The summed E-state index contributed by atoms with van der Waals surface area (Å²) in [5.74, 6) is 0. The van der Waals surface area contributed by atoms with E-state index < -0.39 is 11.0 Å². The highest BCUT2D eigenvalue weighted by Gasteiger charge is 2.13. The van der Waals surface area contributed by atoms with Gasteiger partial charge in [0.2, 0.25) is 0 Å². The van der Waals surface area contributed by atoms with Crippen LogP contribution in [0, 0.1) is 10.1 Å². The molecule has 2 aromatic rings. The van der Waals surface area contributed by atoms with Crippen molar-refractivity contribution in [1.29, 1.82) is 0 Å². The van der Waals surface area contributed by atoms with Gasteiger partial charge in [-0.15, -0.1) is 11.3 Å². The molecule has 0 saturated heterocycles. The Hall–Kier alpha value is -1.77. The normalized spacial score (nSPS) is 14.0. The minimum Gasteiger partial charge on any atom is -0.390 e. The number of aromatic nitrogens is 2. The second-order valence-corrected chi connectivity index (χ2v) is 5.96. The Kier molecular flexibility index (Phi) is 5.43. The summed E-state index contributed by atoms with van der Waals surface area (Å²) < 4.78 is 1.38. The molecule has 0 aliphatic rings. The van der Waals surface area contributed by atoms with Crippen LogP contribution in [0.4, 0.5) is 5.69 Å². The van der Waals surface area contributed by atoms with Gasteiger partial charge in [-0.25, -0.2) is 0 Å². The molecule has 2 rings (SSSR count). The molecule has 21 heavy (non-hydrogen) atoms. The molecule has 2 heterocycles. The summed E-state index contributed by atoms with van der Waals surface area (Å²) in [7, 11) is 0. The van der Waals surface area contributed by atoms with Gasteiger partial charge in [-0.3, -0.25) is 14.8 Å². The monoisotopic (exact) mass is 310 g/mol. The summed E-state index contributed by atoms with van der Waals surface area (Å²) in [6.07, 6.45) is 2.77. The van der Waals surface area contributed by atoms with Crippen molar-refractivity contribution in [1.82, 2.24) is 15.1 Å². The lowest BCUT2D eigenvalue weighted by molar-refractivity contribution is -0.385. The fraction of sp³-hybridized carbons (Fsp3) is 0.462. The summed E-state index contributed by atoms with van der Waals surface area (Å²) >= 11 is 1.71. The van der Waals surface area contributed by atoms with Gasteiger partial charge in [-0.2, -0.15) is 5.10 Å². The number of hydrogen-bond acceptors (Lipinski definition) is 6. The minimum atomic E-state index is -0.643. The Morgan fingerprint density at radius 3 is 3.05 bits per heavy atom. The van der Waals surface area contributed by atoms with E-state index in [1.165, 1.54) is 22.0 Å². The first kappa shape index (κ1) is 15.6. The highest BCUT2D eigenvalue weighted by molar-refractivity contribution is 7.09. The number of aliphatic hydroxyl groups is 1. The maximum atomic E-state index is 10.5. The third-order valence-electron chi connectivity index (χ3n) is 3.02. The predicted octanol–water partition coefficient (Wildman–Crippen LogP) is 1.43. The lowest BCUT2D eigenvalue weighted by atomic mass is 10.2. The third kappa shape index (κ3) is 4.92. The number of rotatable bonds is 8. The van der Waals surface area contributed by atoms with Gasteiger partial charge < -0.3 is 10.4 Å². The van der Waals surface area contributed by atoms with Crippen molar-refractivity contribution < 1.29 is 10.0 Å². The van der Waals surface area contributed by atoms with E-state index in [-0.39, 0.29) is 18.3 Å². The SMILES string of the molecule is CC(Cc1cccs1)NCC(O)Cn1cc([N+](=O)[O-])cn1. The molecule has 2 atom stereocenters. The average molecular weight is 310 g/mol. The van der Waals surface area contributed by atoms with Crippen LogP contribution in [0.15, 0.2) is 29.9 Å².